The summed E-state index contributed by atoms with van der Waals surface area (Å²) in [5.41, 5.74) is 2.09. The molecule has 88 valence electrons. The second-order valence-electron chi connectivity index (χ2n) is 4.90. The Balaban J connectivity index is 2.14. The summed E-state index contributed by atoms with van der Waals surface area (Å²) in [6.07, 6.45) is 4.82. The molecule has 1 aliphatic heterocycles. The second-order valence-corrected chi connectivity index (χ2v) is 4.90. The summed E-state index contributed by atoms with van der Waals surface area (Å²) in [6, 6.07) is 2.01. The number of rotatable bonds is 3. The summed E-state index contributed by atoms with van der Waals surface area (Å²) in [6.45, 7) is 6.85. The van der Waals surface area contributed by atoms with E-state index in [1.807, 2.05) is 6.07 Å². The fourth-order valence-electron chi connectivity index (χ4n) is 2.40. The van der Waals surface area contributed by atoms with E-state index < -0.39 is 0 Å². The van der Waals surface area contributed by atoms with E-state index in [0.29, 0.717) is 0 Å². The van der Waals surface area contributed by atoms with Gasteiger partial charge in [0, 0.05) is 36.7 Å². The molecule has 1 aromatic rings. The van der Waals surface area contributed by atoms with Crippen molar-refractivity contribution in [2.24, 2.45) is 11.8 Å². The SMILES string of the molecule is CC(C)C1CCN(c2ccncc2CO)C1. The molecule has 1 aliphatic rings. The maximum atomic E-state index is 9.29. The highest BCUT2D eigenvalue weighted by molar-refractivity contribution is 5.52. The van der Waals surface area contributed by atoms with Gasteiger partial charge in [-0.2, -0.15) is 0 Å². The highest BCUT2D eigenvalue weighted by Crippen LogP contribution is 2.29. The van der Waals surface area contributed by atoms with Crippen LogP contribution in [0.4, 0.5) is 5.69 Å². The number of pyridine rings is 1. The Morgan fingerprint density at radius 3 is 3.00 bits per heavy atom. The number of nitrogens with zero attached hydrogens (tertiary/aromatic N) is 2. The molecule has 16 heavy (non-hydrogen) atoms. The molecule has 2 heterocycles. The zero-order valence-electron chi connectivity index (χ0n) is 10.1. The Bertz CT molecular complexity index is 352. The summed E-state index contributed by atoms with van der Waals surface area (Å²) in [7, 11) is 0. The summed E-state index contributed by atoms with van der Waals surface area (Å²) in [5, 5.41) is 9.29. The Kier molecular flexibility index (Phi) is 3.44. The molecule has 1 N–H and O–H groups in total. The average molecular weight is 220 g/mol. The van der Waals surface area contributed by atoms with Crippen molar-refractivity contribution in [3.63, 3.8) is 0 Å². The molecule has 0 saturated carbocycles. The molecule has 0 bridgehead atoms. The fourth-order valence-corrected chi connectivity index (χ4v) is 2.40. The fraction of sp³-hybridized carbons (Fsp3) is 0.615. The van der Waals surface area contributed by atoms with E-state index in [1.54, 1.807) is 12.4 Å². The zero-order valence-corrected chi connectivity index (χ0v) is 10.1. The lowest BCUT2D eigenvalue weighted by Gasteiger charge is -2.22. The van der Waals surface area contributed by atoms with Crippen LogP contribution < -0.4 is 4.90 Å². The lowest BCUT2D eigenvalue weighted by Crippen LogP contribution is -2.22. The van der Waals surface area contributed by atoms with Crippen molar-refractivity contribution in [2.75, 3.05) is 18.0 Å². The molecule has 2 rings (SSSR count). The molecule has 3 heteroatoms. The number of aliphatic hydroxyl groups excluding tert-OH is 1. The molecule has 0 aliphatic carbocycles. The third kappa shape index (κ3) is 2.19. The normalized spacial score (nSPS) is 20.8. The van der Waals surface area contributed by atoms with Crippen molar-refractivity contribution in [3.8, 4) is 0 Å². The van der Waals surface area contributed by atoms with Crippen molar-refractivity contribution in [1.82, 2.24) is 4.98 Å². The van der Waals surface area contributed by atoms with Crippen LogP contribution >= 0.6 is 0 Å². The van der Waals surface area contributed by atoms with Crippen LogP contribution in [0.3, 0.4) is 0 Å². The van der Waals surface area contributed by atoms with Gasteiger partial charge in [0.25, 0.3) is 0 Å². The van der Waals surface area contributed by atoms with Crippen LogP contribution in [0, 0.1) is 11.8 Å². The standard InChI is InChI=1S/C13H20N2O/c1-10(2)11-4-6-15(8-11)13-3-5-14-7-12(13)9-16/h3,5,7,10-11,16H,4,6,8-9H2,1-2H3. The average Bonchev–Trinajstić information content (AvgIpc) is 2.78. The molecule has 0 amide bonds. The van der Waals surface area contributed by atoms with Crippen LogP contribution in [0.5, 0.6) is 0 Å². The monoisotopic (exact) mass is 220 g/mol. The predicted octanol–water partition coefficient (Wildman–Crippen LogP) is 2.06. The molecule has 0 spiro atoms. The van der Waals surface area contributed by atoms with Gasteiger partial charge in [-0.3, -0.25) is 4.98 Å². The maximum absolute atomic E-state index is 9.29. The molecular weight excluding hydrogens is 200 g/mol. The molecule has 1 atom stereocenters. The van der Waals surface area contributed by atoms with Crippen LogP contribution in [0.2, 0.25) is 0 Å². The Hall–Kier alpha value is -1.09. The zero-order chi connectivity index (χ0) is 11.5. The van der Waals surface area contributed by atoms with Crippen LogP contribution in [-0.2, 0) is 6.61 Å². The topological polar surface area (TPSA) is 36.4 Å². The molecule has 3 nitrogen and oxygen atoms in total. The van der Waals surface area contributed by atoms with Crippen LogP contribution in [0.1, 0.15) is 25.8 Å². The Labute approximate surface area is 97.1 Å². The number of aliphatic hydroxyl groups is 1. The van der Waals surface area contributed by atoms with Crippen molar-refractivity contribution in [3.05, 3.63) is 24.0 Å². The smallest absolute Gasteiger partial charge is 0.0717 e. The van der Waals surface area contributed by atoms with E-state index >= 15 is 0 Å². The van der Waals surface area contributed by atoms with Gasteiger partial charge in [0.05, 0.1) is 6.61 Å². The first-order valence-electron chi connectivity index (χ1n) is 6.01. The molecule has 0 radical (unpaired) electrons. The van der Waals surface area contributed by atoms with Crippen molar-refractivity contribution >= 4 is 5.69 Å². The van der Waals surface area contributed by atoms with E-state index in [1.165, 1.54) is 6.42 Å². The van der Waals surface area contributed by atoms with Crippen LogP contribution in [0.15, 0.2) is 18.5 Å². The molecule has 1 fully saturated rings. The van der Waals surface area contributed by atoms with Gasteiger partial charge < -0.3 is 10.0 Å². The van der Waals surface area contributed by atoms with Gasteiger partial charge in [-0.05, 0) is 24.3 Å². The van der Waals surface area contributed by atoms with E-state index in [-0.39, 0.29) is 6.61 Å². The lowest BCUT2D eigenvalue weighted by atomic mass is 9.95. The second kappa shape index (κ2) is 4.83. The highest BCUT2D eigenvalue weighted by atomic mass is 16.3. The molecule has 0 aromatic carbocycles. The van der Waals surface area contributed by atoms with E-state index in [4.69, 9.17) is 0 Å². The number of hydrogen-bond acceptors (Lipinski definition) is 3. The first-order chi connectivity index (χ1) is 7.72. The first kappa shape index (κ1) is 11.4. The summed E-state index contributed by atoms with van der Waals surface area (Å²) >= 11 is 0. The maximum Gasteiger partial charge on any atom is 0.0717 e. The van der Waals surface area contributed by atoms with Crippen LogP contribution in [-0.4, -0.2) is 23.2 Å². The first-order valence-corrected chi connectivity index (χ1v) is 6.01. The summed E-state index contributed by atoms with van der Waals surface area (Å²) in [4.78, 5) is 6.43. The van der Waals surface area contributed by atoms with Gasteiger partial charge >= 0.3 is 0 Å². The number of hydrogen-bond donors (Lipinski definition) is 1. The van der Waals surface area contributed by atoms with Gasteiger partial charge in [-0.25, -0.2) is 0 Å². The largest absolute Gasteiger partial charge is 0.392 e. The summed E-state index contributed by atoms with van der Waals surface area (Å²) in [5.74, 6) is 1.52. The molecule has 1 aromatic heterocycles. The van der Waals surface area contributed by atoms with E-state index in [2.05, 4.69) is 23.7 Å². The lowest BCUT2D eigenvalue weighted by molar-refractivity contribution is 0.281. The quantitative estimate of drug-likeness (QED) is 0.847. The van der Waals surface area contributed by atoms with Crippen molar-refractivity contribution < 1.29 is 5.11 Å². The van der Waals surface area contributed by atoms with Crippen LogP contribution in [0.25, 0.3) is 0 Å². The van der Waals surface area contributed by atoms with E-state index in [9.17, 15) is 5.11 Å². The molecule has 1 unspecified atom stereocenters. The van der Waals surface area contributed by atoms with Gasteiger partial charge in [0.1, 0.15) is 0 Å². The summed E-state index contributed by atoms with van der Waals surface area (Å²) < 4.78 is 0. The highest BCUT2D eigenvalue weighted by Gasteiger charge is 2.25. The van der Waals surface area contributed by atoms with Gasteiger partial charge in [0.2, 0.25) is 0 Å². The minimum atomic E-state index is 0.0754. The van der Waals surface area contributed by atoms with Crippen molar-refractivity contribution in [2.45, 2.75) is 26.9 Å². The van der Waals surface area contributed by atoms with Gasteiger partial charge in [-0.1, -0.05) is 13.8 Å². The van der Waals surface area contributed by atoms with Gasteiger partial charge in [-0.15, -0.1) is 0 Å². The Morgan fingerprint density at radius 1 is 1.56 bits per heavy atom. The molecule has 1 saturated heterocycles. The Morgan fingerprint density at radius 2 is 2.38 bits per heavy atom. The van der Waals surface area contributed by atoms with Gasteiger partial charge in [0.15, 0.2) is 0 Å². The minimum absolute atomic E-state index is 0.0754. The molecular formula is C13H20N2O. The third-order valence-electron chi connectivity index (χ3n) is 3.56. The minimum Gasteiger partial charge on any atom is -0.392 e. The number of anilines is 1. The third-order valence-corrected chi connectivity index (χ3v) is 3.56. The van der Waals surface area contributed by atoms with Crippen molar-refractivity contribution in [1.29, 1.82) is 0 Å². The number of aromatic nitrogens is 1. The van der Waals surface area contributed by atoms with E-state index in [0.717, 1.165) is 36.2 Å². The predicted molar refractivity (Wildman–Crippen MR) is 65.3 cm³/mol.